The summed E-state index contributed by atoms with van der Waals surface area (Å²) in [5.41, 5.74) is 2.82. The Bertz CT molecular complexity index is 354. The van der Waals surface area contributed by atoms with Crippen LogP contribution in [-0.2, 0) is 13.1 Å². The van der Waals surface area contributed by atoms with Crippen molar-refractivity contribution in [2.75, 3.05) is 24.6 Å². The summed E-state index contributed by atoms with van der Waals surface area (Å²) in [4.78, 5) is 2.58. The highest BCUT2D eigenvalue weighted by Gasteiger charge is 2.09. The van der Waals surface area contributed by atoms with Crippen LogP contribution in [-0.4, -0.2) is 35.5 Å². The van der Waals surface area contributed by atoms with Crippen molar-refractivity contribution < 1.29 is 0 Å². The summed E-state index contributed by atoms with van der Waals surface area (Å²) in [5.74, 6) is 2.62. The predicted octanol–water partition coefficient (Wildman–Crippen LogP) is 3.12. The van der Waals surface area contributed by atoms with Crippen molar-refractivity contribution in [1.29, 1.82) is 0 Å². The third-order valence-corrected chi connectivity index (χ3v) is 4.51. The Morgan fingerprint density at radius 3 is 2.58 bits per heavy atom. The van der Waals surface area contributed by atoms with Crippen molar-refractivity contribution in [3.8, 4) is 0 Å². The zero-order valence-corrected chi connectivity index (χ0v) is 13.0. The smallest absolute Gasteiger partial charge is 0.0234 e. The van der Waals surface area contributed by atoms with Gasteiger partial charge in [-0.25, -0.2) is 0 Å². The van der Waals surface area contributed by atoms with E-state index in [2.05, 4.69) is 60.1 Å². The lowest BCUT2D eigenvalue weighted by molar-refractivity contribution is 0.287. The van der Waals surface area contributed by atoms with Crippen LogP contribution in [0.3, 0.4) is 0 Å². The molecule has 0 aromatic heterocycles. The van der Waals surface area contributed by atoms with E-state index in [1.165, 1.54) is 42.1 Å². The van der Waals surface area contributed by atoms with Crippen molar-refractivity contribution in [2.24, 2.45) is 0 Å². The third kappa shape index (κ3) is 5.55. The molecule has 2 rings (SSSR count). The van der Waals surface area contributed by atoms with E-state index in [0.29, 0.717) is 6.04 Å². The Balaban J connectivity index is 1.83. The Morgan fingerprint density at radius 2 is 1.84 bits per heavy atom. The molecule has 1 heterocycles. The van der Waals surface area contributed by atoms with E-state index in [4.69, 9.17) is 0 Å². The van der Waals surface area contributed by atoms with E-state index in [-0.39, 0.29) is 0 Å². The molecular formula is C16H26N2S. The van der Waals surface area contributed by atoms with Gasteiger partial charge >= 0.3 is 0 Å². The lowest BCUT2D eigenvalue weighted by atomic mass is 10.1. The summed E-state index contributed by atoms with van der Waals surface area (Å²) in [6.45, 7) is 8.94. The maximum absolute atomic E-state index is 3.46. The molecule has 1 N–H and O–H groups in total. The molecule has 1 aliphatic heterocycles. The van der Waals surface area contributed by atoms with Crippen molar-refractivity contribution >= 4 is 11.8 Å². The zero-order chi connectivity index (χ0) is 13.5. The van der Waals surface area contributed by atoms with E-state index >= 15 is 0 Å². The van der Waals surface area contributed by atoms with Crippen LogP contribution in [0.1, 0.15) is 31.4 Å². The van der Waals surface area contributed by atoms with Gasteiger partial charge in [0.25, 0.3) is 0 Å². The van der Waals surface area contributed by atoms with Crippen LogP contribution in [0.4, 0.5) is 0 Å². The van der Waals surface area contributed by atoms with Crippen LogP contribution in [0.2, 0.25) is 0 Å². The lowest BCUT2D eigenvalue weighted by Crippen LogP contribution is -2.25. The second kappa shape index (κ2) is 7.93. The van der Waals surface area contributed by atoms with Gasteiger partial charge in [-0.1, -0.05) is 38.1 Å². The number of nitrogens with zero attached hydrogens (tertiary/aromatic N) is 1. The molecule has 1 fully saturated rings. The SMILES string of the molecule is CC(C)NCc1ccc(CN2CCCSCC2)cc1. The summed E-state index contributed by atoms with van der Waals surface area (Å²) in [7, 11) is 0. The Labute approximate surface area is 122 Å². The summed E-state index contributed by atoms with van der Waals surface area (Å²) < 4.78 is 0. The number of thioether (sulfide) groups is 1. The van der Waals surface area contributed by atoms with Gasteiger partial charge in [0.05, 0.1) is 0 Å². The van der Waals surface area contributed by atoms with Crippen LogP contribution in [0.15, 0.2) is 24.3 Å². The first-order valence-electron chi connectivity index (χ1n) is 7.35. The minimum Gasteiger partial charge on any atom is -0.310 e. The average Bonchev–Trinajstić information content (AvgIpc) is 2.66. The predicted molar refractivity (Wildman–Crippen MR) is 85.6 cm³/mol. The molecule has 106 valence electrons. The van der Waals surface area contributed by atoms with Crippen molar-refractivity contribution in [3.05, 3.63) is 35.4 Å². The fourth-order valence-electron chi connectivity index (χ4n) is 2.30. The maximum Gasteiger partial charge on any atom is 0.0234 e. The lowest BCUT2D eigenvalue weighted by Gasteiger charge is -2.19. The largest absolute Gasteiger partial charge is 0.310 e. The van der Waals surface area contributed by atoms with Gasteiger partial charge in [-0.05, 0) is 29.8 Å². The zero-order valence-electron chi connectivity index (χ0n) is 12.2. The number of benzene rings is 1. The van der Waals surface area contributed by atoms with Crippen LogP contribution in [0.25, 0.3) is 0 Å². The molecule has 2 nitrogen and oxygen atoms in total. The van der Waals surface area contributed by atoms with E-state index < -0.39 is 0 Å². The number of hydrogen-bond acceptors (Lipinski definition) is 3. The molecular weight excluding hydrogens is 252 g/mol. The number of hydrogen-bond donors (Lipinski definition) is 1. The van der Waals surface area contributed by atoms with Crippen molar-refractivity contribution in [3.63, 3.8) is 0 Å². The second-order valence-corrected chi connectivity index (χ2v) is 6.82. The fraction of sp³-hybridized carbons (Fsp3) is 0.625. The quantitative estimate of drug-likeness (QED) is 0.891. The summed E-state index contributed by atoms with van der Waals surface area (Å²) in [5, 5.41) is 3.46. The Hall–Kier alpha value is -0.510. The molecule has 0 amide bonds. The second-order valence-electron chi connectivity index (χ2n) is 5.59. The minimum absolute atomic E-state index is 0.550. The van der Waals surface area contributed by atoms with Crippen LogP contribution >= 0.6 is 11.8 Å². The number of nitrogens with one attached hydrogen (secondary N) is 1. The molecule has 0 spiro atoms. The first kappa shape index (κ1) is 14.9. The van der Waals surface area contributed by atoms with Crippen LogP contribution in [0, 0.1) is 0 Å². The van der Waals surface area contributed by atoms with Crippen molar-refractivity contribution in [2.45, 2.75) is 39.4 Å². The first-order chi connectivity index (χ1) is 9.24. The highest BCUT2D eigenvalue weighted by molar-refractivity contribution is 7.99. The van der Waals surface area contributed by atoms with Gasteiger partial charge in [-0.3, -0.25) is 4.90 Å². The molecule has 0 aliphatic carbocycles. The average molecular weight is 278 g/mol. The molecule has 0 bridgehead atoms. The molecule has 0 atom stereocenters. The summed E-state index contributed by atoms with van der Waals surface area (Å²) in [6, 6.07) is 9.65. The van der Waals surface area contributed by atoms with Crippen LogP contribution in [0.5, 0.6) is 0 Å². The highest BCUT2D eigenvalue weighted by Crippen LogP contribution is 2.13. The van der Waals surface area contributed by atoms with Crippen LogP contribution < -0.4 is 5.32 Å². The van der Waals surface area contributed by atoms with E-state index in [1.807, 2.05) is 0 Å². The van der Waals surface area contributed by atoms with Gasteiger partial charge in [-0.15, -0.1) is 0 Å². The molecule has 1 saturated heterocycles. The Kier molecular flexibility index (Phi) is 6.21. The molecule has 0 radical (unpaired) electrons. The van der Waals surface area contributed by atoms with E-state index in [0.717, 1.165) is 13.1 Å². The van der Waals surface area contributed by atoms with Gasteiger partial charge in [0.1, 0.15) is 0 Å². The molecule has 3 heteroatoms. The number of rotatable bonds is 5. The van der Waals surface area contributed by atoms with Gasteiger partial charge in [0.2, 0.25) is 0 Å². The van der Waals surface area contributed by atoms with Gasteiger partial charge in [-0.2, -0.15) is 11.8 Å². The summed E-state index contributed by atoms with van der Waals surface area (Å²) in [6.07, 6.45) is 1.33. The molecule has 0 saturated carbocycles. The monoisotopic (exact) mass is 278 g/mol. The standard InChI is InChI=1S/C16H26N2S/c1-14(2)17-12-15-4-6-16(7-5-15)13-18-8-3-10-19-11-9-18/h4-7,14,17H,3,8-13H2,1-2H3. The molecule has 1 aromatic carbocycles. The minimum atomic E-state index is 0.550. The van der Waals surface area contributed by atoms with Gasteiger partial charge < -0.3 is 5.32 Å². The third-order valence-electron chi connectivity index (χ3n) is 3.46. The van der Waals surface area contributed by atoms with Crippen molar-refractivity contribution in [1.82, 2.24) is 10.2 Å². The summed E-state index contributed by atoms with van der Waals surface area (Å²) >= 11 is 2.09. The molecule has 1 aromatic rings. The highest BCUT2D eigenvalue weighted by atomic mass is 32.2. The van der Waals surface area contributed by atoms with E-state index in [1.54, 1.807) is 0 Å². The first-order valence-corrected chi connectivity index (χ1v) is 8.51. The maximum atomic E-state index is 3.46. The Morgan fingerprint density at radius 1 is 1.11 bits per heavy atom. The van der Waals surface area contributed by atoms with Gasteiger partial charge in [0, 0.05) is 31.4 Å². The molecule has 0 unspecified atom stereocenters. The normalized spacial score (nSPS) is 17.6. The van der Waals surface area contributed by atoms with Gasteiger partial charge in [0.15, 0.2) is 0 Å². The molecule has 19 heavy (non-hydrogen) atoms. The molecule has 1 aliphatic rings. The topological polar surface area (TPSA) is 15.3 Å². The fourth-order valence-corrected chi connectivity index (χ4v) is 3.22. The van der Waals surface area contributed by atoms with E-state index in [9.17, 15) is 0 Å².